The summed E-state index contributed by atoms with van der Waals surface area (Å²) in [6.07, 6.45) is 1.91. The van der Waals surface area contributed by atoms with Crippen LogP contribution in [0.15, 0.2) is 79.1 Å². The van der Waals surface area contributed by atoms with E-state index in [1.54, 1.807) is 22.8 Å². The van der Waals surface area contributed by atoms with Crippen LogP contribution in [0.3, 0.4) is 0 Å². The van der Waals surface area contributed by atoms with E-state index in [0.717, 1.165) is 11.1 Å². The number of carbonyl (C=O) groups is 1. The summed E-state index contributed by atoms with van der Waals surface area (Å²) >= 11 is 6.10. The van der Waals surface area contributed by atoms with Crippen LogP contribution in [-0.4, -0.2) is 32.7 Å². The average Bonchev–Trinajstić information content (AvgIpc) is 3.38. The molecular weight excluding hydrogens is 470 g/mol. The number of hydrogen-bond acceptors (Lipinski definition) is 6. The minimum atomic E-state index is -0.521. The summed E-state index contributed by atoms with van der Waals surface area (Å²) in [5.74, 6) is 0.644. The summed E-state index contributed by atoms with van der Waals surface area (Å²) in [4.78, 5) is 30.6. The molecule has 1 aromatic heterocycles. The Kier molecular flexibility index (Phi) is 5.92. The van der Waals surface area contributed by atoms with Gasteiger partial charge in [0, 0.05) is 22.7 Å². The number of nitro groups is 1. The summed E-state index contributed by atoms with van der Waals surface area (Å²) in [5.41, 5.74) is 1.88. The molecule has 0 bridgehead atoms. The van der Waals surface area contributed by atoms with E-state index in [4.69, 9.17) is 16.3 Å². The van der Waals surface area contributed by atoms with E-state index in [0.29, 0.717) is 23.1 Å². The van der Waals surface area contributed by atoms with E-state index in [1.165, 1.54) is 24.5 Å². The molecular formula is C25H20ClN5O4. The van der Waals surface area contributed by atoms with Crippen LogP contribution in [0.2, 0.25) is 5.02 Å². The highest BCUT2D eigenvalue weighted by atomic mass is 35.5. The van der Waals surface area contributed by atoms with Crippen LogP contribution >= 0.6 is 11.6 Å². The fourth-order valence-electron chi connectivity index (χ4n) is 4.39. The molecule has 176 valence electrons. The van der Waals surface area contributed by atoms with Crippen LogP contribution in [-0.2, 0) is 0 Å². The Hall–Kier alpha value is -4.24. The minimum Gasteiger partial charge on any atom is -0.497 e. The van der Waals surface area contributed by atoms with Crippen molar-refractivity contribution < 1.29 is 14.5 Å². The van der Waals surface area contributed by atoms with E-state index >= 15 is 0 Å². The quantitative estimate of drug-likeness (QED) is 0.281. The highest BCUT2D eigenvalue weighted by molar-refractivity contribution is 6.30. The SMILES string of the molecule is COc1ccc([C@H]2C[C@H](c3ccc(Cl)cc3)n3ncnc3N2C(=O)c2cccc([N+](=O)[O-])c2)cc1. The number of amides is 1. The van der Waals surface area contributed by atoms with Crippen molar-refractivity contribution in [2.24, 2.45) is 0 Å². The maximum atomic E-state index is 13.8. The third-order valence-electron chi connectivity index (χ3n) is 6.10. The molecule has 35 heavy (non-hydrogen) atoms. The highest BCUT2D eigenvalue weighted by Crippen LogP contribution is 2.43. The second-order valence-electron chi connectivity index (χ2n) is 8.08. The van der Waals surface area contributed by atoms with Crippen LogP contribution in [0.25, 0.3) is 0 Å². The van der Waals surface area contributed by atoms with Crippen molar-refractivity contribution in [2.45, 2.75) is 18.5 Å². The minimum absolute atomic E-state index is 0.158. The fourth-order valence-corrected chi connectivity index (χ4v) is 4.52. The van der Waals surface area contributed by atoms with Crippen LogP contribution in [0.4, 0.5) is 11.6 Å². The number of nitro benzene ring substituents is 1. The standard InChI is InChI=1S/C25H20ClN5O4/c1-35-21-11-7-16(8-12-21)22-14-23(17-5-9-19(26)10-6-17)30-25(27-15-28-30)29(22)24(32)18-3-2-4-20(13-18)31(33)34/h2-13,15,22-23H,14H2,1H3/t22-,23-/m1/s1. The molecule has 1 amide bonds. The van der Waals surface area contributed by atoms with Gasteiger partial charge in [0.15, 0.2) is 0 Å². The van der Waals surface area contributed by atoms with E-state index in [-0.39, 0.29) is 17.3 Å². The van der Waals surface area contributed by atoms with Crippen molar-refractivity contribution in [1.82, 2.24) is 14.8 Å². The van der Waals surface area contributed by atoms with Crippen molar-refractivity contribution >= 4 is 29.1 Å². The number of rotatable bonds is 5. The average molecular weight is 490 g/mol. The predicted octanol–water partition coefficient (Wildman–Crippen LogP) is 5.23. The number of ether oxygens (including phenoxy) is 1. The van der Waals surface area contributed by atoms with E-state index < -0.39 is 16.9 Å². The zero-order valence-electron chi connectivity index (χ0n) is 18.6. The van der Waals surface area contributed by atoms with Crippen molar-refractivity contribution in [3.8, 4) is 5.75 Å². The first kappa shape index (κ1) is 22.5. The van der Waals surface area contributed by atoms with Gasteiger partial charge in [-0.3, -0.25) is 19.8 Å². The van der Waals surface area contributed by atoms with Crippen LogP contribution in [0, 0.1) is 10.1 Å². The number of hydrogen-bond donors (Lipinski definition) is 0. The Labute approximate surface area is 205 Å². The topological polar surface area (TPSA) is 103 Å². The number of nitrogens with zero attached hydrogens (tertiary/aromatic N) is 5. The molecule has 1 aliphatic rings. The van der Waals surface area contributed by atoms with Crippen molar-refractivity contribution in [3.63, 3.8) is 0 Å². The summed E-state index contributed by atoms with van der Waals surface area (Å²) in [7, 11) is 1.59. The molecule has 5 rings (SSSR count). The van der Waals surface area contributed by atoms with Gasteiger partial charge in [0.25, 0.3) is 11.6 Å². The van der Waals surface area contributed by atoms with Gasteiger partial charge in [-0.15, -0.1) is 0 Å². The Bertz CT molecular complexity index is 1390. The smallest absolute Gasteiger partial charge is 0.270 e. The van der Waals surface area contributed by atoms with Gasteiger partial charge in [-0.05, 0) is 47.9 Å². The lowest BCUT2D eigenvalue weighted by Gasteiger charge is -2.39. The molecule has 4 aromatic rings. The molecule has 3 aromatic carbocycles. The molecule has 0 N–H and O–H groups in total. The maximum Gasteiger partial charge on any atom is 0.270 e. The normalized spacial score (nSPS) is 17.0. The zero-order valence-corrected chi connectivity index (χ0v) is 19.4. The van der Waals surface area contributed by atoms with Gasteiger partial charge < -0.3 is 4.74 Å². The number of carbonyl (C=O) groups excluding carboxylic acids is 1. The summed E-state index contributed by atoms with van der Waals surface area (Å²) < 4.78 is 7.00. The number of methoxy groups -OCH3 is 1. The molecule has 9 nitrogen and oxygen atoms in total. The second-order valence-corrected chi connectivity index (χ2v) is 8.52. The third kappa shape index (κ3) is 4.22. The first-order valence-corrected chi connectivity index (χ1v) is 11.2. The molecule has 2 atom stereocenters. The molecule has 1 aliphatic heterocycles. The molecule has 0 saturated carbocycles. The Balaban J connectivity index is 1.63. The number of halogens is 1. The van der Waals surface area contributed by atoms with Gasteiger partial charge in [-0.2, -0.15) is 10.1 Å². The molecule has 10 heteroatoms. The van der Waals surface area contributed by atoms with Crippen LogP contribution in [0.1, 0.15) is 40.0 Å². The zero-order chi connectivity index (χ0) is 24.5. The largest absolute Gasteiger partial charge is 0.497 e. The number of benzene rings is 3. The van der Waals surface area contributed by atoms with Gasteiger partial charge >= 0.3 is 0 Å². The van der Waals surface area contributed by atoms with Gasteiger partial charge in [0.2, 0.25) is 5.95 Å². The first-order chi connectivity index (χ1) is 17.0. The van der Waals surface area contributed by atoms with Crippen molar-refractivity contribution in [3.05, 3.63) is 111 Å². The number of fused-ring (bicyclic) bond motifs is 1. The number of aromatic nitrogens is 3. The van der Waals surface area contributed by atoms with Gasteiger partial charge in [-0.25, -0.2) is 4.68 Å². The first-order valence-electron chi connectivity index (χ1n) is 10.8. The van der Waals surface area contributed by atoms with Gasteiger partial charge in [0.1, 0.15) is 12.1 Å². The third-order valence-corrected chi connectivity index (χ3v) is 6.35. The van der Waals surface area contributed by atoms with Crippen LogP contribution in [0.5, 0.6) is 5.75 Å². The van der Waals surface area contributed by atoms with E-state index in [2.05, 4.69) is 10.1 Å². The molecule has 0 saturated heterocycles. The van der Waals surface area contributed by atoms with Gasteiger partial charge in [-0.1, -0.05) is 41.9 Å². The highest BCUT2D eigenvalue weighted by Gasteiger charge is 2.40. The second kappa shape index (κ2) is 9.19. The molecule has 0 aliphatic carbocycles. The maximum absolute atomic E-state index is 13.8. The lowest BCUT2D eigenvalue weighted by molar-refractivity contribution is -0.384. The van der Waals surface area contributed by atoms with Gasteiger partial charge in [0.05, 0.1) is 24.1 Å². The van der Waals surface area contributed by atoms with E-state index in [9.17, 15) is 14.9 Å². The lowest BCUT2D eigenvalue weighted by Crippen LogP contribution is -2.42. The van der Waals surface area contributed by atoms with Crippen molar-refractivity contribution in [2.75, 3.05) is 12.0 Å². The fraction of sp³-hybridized carbons (Fsp3) is 0.160. The Morgan fingerprint density at radius 2 is 1.74 bits per heavy atom. The predicted molar refractivity (Wildman–Crippen MR) is 130 cm³/mol. The number of anilines is 1. The van der Waals surface area contributed by atoms with E-state index in [1.807, 2.05) is 48.5 Å². The Morgan fingerprint density at radius 1 is 1.06 bits per heavy atom. The van der Waals surface area contributed by atoms with Crippen LogP contribution < -0.4 is 9.64 Å². The lowest BCUT2D eigenvalue weighted by atomic mass is 9.91. The monoisotopic (exact) mass is 489 g/mol. The number of non-ortho nitro benzene ring substituents is 1. The Morgan fingerprint density at radius 3 is 2.43 bits per heavy atom. The summed E-state index contributed by atoms with van der Waals surface area (Å²) in [5, 5.41) is 16.3. The molecule has 0 spiro atoms. The molecule has 0 unspecified atom stereocenters. The van der Waals surface area contributed by atoms with Crippen molar-refractivity contribution in [1.29, 1.82) is 0 Å². The summed E-state index contributed by atoms with van der Waals surface area (Å²) in [6.45, 7) is 0. The molecule has 0 fully saturated rings. The summed E-state index contributed by atoms with van der Waals surface area (Å²) in [6, 6.07) is 20.1. The molecule has 0 radical (unpaired) electrons. The molecule has 2 heterocycles.